The molecular weight excluding hydrogens is 331 g/mol. The lowest BCUT2D eigenvalue weighted by Gasteiger charge is -2.04. The lowest BCUT2D eigenvalue weighted by Crippen LogP contribution is -2.05. The number of nitriles is 1. The highest BCUT2D eigenvalue weighted by Gasteiger charge is 2.31. The largest absolute Gasteiger partial charge is 0.419 e. The number of H-pyrrole nitrogens is 2. The molecule has 0 aromatic carbocycles. The smallest absolute Gasteiger partial charge is 0.352 e. The second kappa shape index (κ2) is 7.33. The fraction of sp³-hybridized carbons (Fsp3) is 0.214. The van der Waals surface area contributed by atoms with E-state index in [0.29, 0.717) is 10.2 Å². The van der Waals surface area contributed by atoms with Gasteiger partial charge in [-0.2, -0.15) is 18.4 Å². The zero-order valence-corrected chi connectivity index (χ0v) is 13.3. The molecule has 0 aliphatic carbocycles. The Morgan fingerprint density at radius 2 is 1.82 bits per heavy atom. The molecule has 2 aromatic heterocycles. The van der Waals surface area contributed by atoms with Crippen LogP contribution in [0.3, 0.4) is 0 Å². The number of hydrogen-bond donors (Lipinski definition) is 2. The molecule has 0 unspecified atom stereocenters. The number of nitrogens with one attached hydrogen (secondary N) is 2. The van der Waals surface area contributed by atoms with Gasteiger partial charge in [0.2, 0.25) is 0 Å². The lowest BCUT2D eigenvalue weighted by molar-refractivity contribution is -0.138. The first-order chi connectivity index (χ1) is 10.2. The van der Waals surface area contributed by atoms with Gasteiger partial charge in [-0.3, -0.25) is 0 Å². The van der Waals surface area contributed by atoms with Crippen molar-refractivity contribution in [2.75, 3.05) is 0 Å². The third-order valence-corrected chi connectivity index (χ3v) is 3.24. The zero-order valence-electron chi connectivity index (χ0n) is 11.7. The van der Waals surface area contributed by atoms with Gasteiger partial charge in [0.25, 0.3) is 0 Å². The Balaban J connectivity index is 0.000000220. The SMILES string of the molecule is Cc1cc(C)c(C#N)c(=S)[nH]1.FC(F)(F)c1ccc[nH]c1=S. The number of aromatic amines is 2. The van der Waals surface area contributed by atoms with Crippen molar-refractivity contribution in [3.63, 3.8) is 0 Å². The van der Waals surface area contributed by atoms with Crippen LogP contribution < -0.4 is 0 Å². The first-order valence-corrected chi connectivity index (χ1v) is 6.84. The van der Waals surface area contributed by atoms with E-state index in [1.165, 1.54) is 12.3 Å². The summed E-state index contributed by atoms with van der Waals surface area (Å²) in [5.74, 6) is 0. The van der Waals surface area contributed by atoms with Gasteiger partial charge in [-0.05, 0) is 37.6 Å². The number of halogens is 3. The van der Waals surface area contributed by atoms with E-state index in [-0.39, 0.29) is 4.64 Å². The number of pyridine rings is 2. The Hall–Kier alpha value is -1.98. The van der Waals surface area contributed by atoms with Crippen molar-refractivity contribution in [2.24, 2.45) is 0 Å². The summed E-state index contributed by atoms with van der Waals surface area (Å²) in [6, 6.07) is 6.17. The van der Waals surface area contributed by atoms with E-state index in [2.05, 4.69) is 28.3 Å². The van der Waals surface area contributed by atoms with E-state index < -0.39 is 11.7 Å². The summed E-state index contributed by atoms with van der Waals surface area (Å²) in [4.78, 5) is 5.22. The number of rotatable bonds is 0. The Kier molecular flexibility index (Phi) is 6.02. The highest BCUT2D eigenvalue weighted by Crippen LogP contribution is 2.28. The maximum atomic E-state index is 12.0. The molecule has 0 aliphatic heterocycles. The average Bonchev–Trinajstić information content (AvgIpc) is 2.38. The monoisotopic (exact) mass is 343 g/mol. The Labute approximate surface area is 135 Å². The van der Waals surface area contributed by atoms with Crippen LogP contribution in [0.1, 0.15) is 22.4 Å². The van der Waals surface area contributed by atoms with Crippen molar-refractivity contribution in [1.29, 1.82) is 5.26 Å². The molecule has 0 spiro atoms. The summed E-state index contributed by atoms with van der Waals surface area (Å²) in [7, 11) is 0. The van der Waals surface area contributed by atoms with E-state index in [1.807, 2.05) is 19.9 Å². The molecule has 2 aromatic rings. The highest BCUT2D eigenvalue weighted by atomic mass is 32.1. The summed E-state index contributed by atoms with van der Waals surface area (Å²) in [6.07, 6.45) is -2.99. The quantitative estimate of drug-likeness (QED) is 0.662. The molecule has 0 saturated carbocycles. The minimum absolute atomic E-state index is 0.278. The van der Waals surface area contributed by atoms with Gasteiger partial charge < -0.3 is 9.97 Å². The molecule has 0 saturated heterocycles. The summed E-state index contributed by atoms with van der Waals surface area (Å²) in [6.45, 7) is 3.80. The van der Waals surface area contributed by atoms with Crippen molar-refractivity contribution in [3.05, 3.63) is 56.1 Å². The molecule has 0 aliphatic rings. The summed E-state index contributed by atoms with van der Waals surface area (Å²) < 4.78 is 36.1. The number of aryl methyl sites for hydroxylation is 2. The molecule has 2 rings (SSSR count). The van der Waals surface area contributed by atoms with Gasteiger partial charge in [-0.15, -0.1) is 0 Å². The topological polar surface area (TPSA) is 55.4 Å². The maximum absolute atomic E-state index is 12.0. The third-order valence-electron chi connectivity index (χ3n) is 2.60. The molecule has 3 nitrogen and oxygen atoms in total. The summed E-state index contributed by atoms with van der Waals surface area (Å²) in [5.41, 5.74) is 1.71. The van der Waals surface area contributed by atoms with Gasteiger partial charge in [0, 0.05) is 11.9 Å². The van der Waals surface area contributed by atoms with E-state index in [0.717, 1.165) is 17.3 Å². The van der Waals surface area contributed by atoms with Crippen LogP contribution in [0.2, 0.25) is 0 Å². The van der Waals surface area contributed by atoms with Gasteiger partial charge in [0.15, 0.2) is 0 Å². The van der Waals surface area contributed by atoms with E-state index in [1.54, 1.807) is 0 Å². The number of hydrogen-bond acceptors (Lipinski definition) is 3. The van der Waals surface area contributed by atoms with E-state index >= 15 is 0 Å². The zero-order chi connectivity index (χ0) is 16.9. The van der Waals surface area contributed by atoms with Gasteiger partial charge in [-0.1, -0.05) is 24.4 Å². The third kappa shape index (κ3) is 4.79. The Morgan fingerprint density at radius 1 is 1.18 bits per heavy atom. The number of nitrogens with zero attached hydrogens (tertiary/aromatic N) is 1. The van der Waals surface area contributed by atoms with Crippen LogP contribution in [0.5, 0.6) is 0 Å². The maximum Gasteiger partial charge on any atom is 0.419 e. The summed E-state index contributed by atoms with van der Waals surface area (Å²) >= 11 is 9.37. The standard InChI is InChI=1S/C8H8N2S.C6H4F3NS/c1-5-3-6(2)10-8(11)7(5)4-9;7-6(8,9)4-2-1-3-10-5(4)11/h3H,1-2H3,(H,10,11);1-3H,(H,10,11). The number of aromatic nitrogens is 2. The Morgan fingerprint density at radius 3 is 2.23 bits per heavy atom. The van der Waals surface area contributed by atoms with E-state index in [4.69, 9.17) is 17.5 Å². The van der Waals surface area contributed by atoms with Gasteiger partial charge in [0.05, 0.1) is 11.1 Å². The minimum Gasteiger partial charge on any atom is -0.352 e. The molecule has 8 heteroatoms. The molecule has 2 N–H and O–H groups in total. The second-order valence-corrected chi connectivity index (χ2v) is 5.18. The van der Waals surface area contributed by atoms with Crippen LogP contribution >= 0.6 is 24.4 Å². The molecule has 0 bridgehead atoms. The molecule has 0 atom stereocenters. The molecule has 2 heterocycles. The highest BCUT2D eigenvalue weighted by molar-refractivity contribution is 7.71. The van der Waals surface area contributed by atoms with Gasteiger partial charge >= 0.3 is 6.18 Å². The van der Waals surface area contributed by atoms with Crippen LogP contribution in [-0.4, -0.2) is 9.97 Å². The van der Waals surface area contributed by atoms with Crippen molar-refractivity contribution < 1.29 is 13.2 Å². The second-order valence-electron chi connectivity index (χ2n) is 4.36. The van der Waals surface area contributed by atoms with Crippen molar-refractivity contribution in [3.8, 4) is 6.07 Å². The first kappa shape index (κ1) is 18.1. The van der Waals surface area contributed by atoms with Crippen molar-refractivity contribution >= 4 is 24.4 Å². The van der Waals surface area contributed by atoms with Gasteiger partial charge in [0.1, 0.15) is 15.4 Å². The number of alkyl halides is 3. The first-order valence-electron chi connectivity index (χ1n) is 6.02. The molecule has 116 valence electrons. The van der Waals surface area contributed by atoms with Crippen LogP contribution in [0, 0.1) is 34.5 Å². The minimum atomic E-state index is -4.35. The molecular formula is C14H12F3N3S2. The fourth-order valence-electron chi connectivity index (χ4n) is 1.64. The normalized spacial score (nSPS) is 10.4. The van der Waals surface area contributed by atoms with Crippen LogP contribution in [0.15, 0.2) is 24.4 Å². The Bertz CT molecular complexity index is 814. The molecule has 0 radical (unpaired) electrons. The lowest BCUT2D eigenvalue weighted by atomic mass is 10.1. The van der Waals surface area contributed by atoms with Crippen LogP contribution in [0.25, 0.3) is 0 Å². The van der Waals surface area contributed by atoms with E-state index in [9.17, 15) is 13.2 Å². The van der Waals surface area contributed by atoms with Crippen LogP contribution in [-0.2, 0) is 6.18 Å². The molecule has 22 heavy (non-hydrogen) atoms. The fourth-order valence-corrected chi connectivity index (χ4v) is 2.26. The van der Waals surface area contributed by atoms with Crippen molar-refractivity contribution in [1.82, 2.24) is 9.97 Å². The molecule has 0 amide bonds. The average molecular weight is 343 g/mol. The van der Waals surface area contributed by atoms with Crippen LogP contribution in [0.4, 0.5) is 13.2 Å². The van der Waals surface area contributed by atoms with Gasteiger partial charge in [-0.25, -0.2) is 0 Å². The van der Waals surface area contributed by atoms with Crippen molar-refractivity contribution in [2.45, 2.75) is 20.0 Å². The summed E-state index contributed by atoms with van der Waals surface area (Å²) in [5, 5.41) is 8.65. The predicted octanol–water partition coefficient (Wildman–Crippen LogP) is 5.00. The predicted molar refractivity (Wildman–Crippen MR) is 82.4 cm³/mol. The molecule has 0 fully saturated rings.